The van der Waals surface area contributed by atoms with Crippen LogP contribution in [-0.4, -0.2) is 66.7 Å². The molecule has 1 heterocycles. The van der Waals surface area contributed by atoms with Gasteiger partial charge in [0.25, 0.3) is 0 Å². The quantitative estimate of drug-likeness (QED) is 0.373. The number of benzene rings is 1. The number of nitrogens with zero attached hydrogens (tertiary/aromatic N) is 1. The standard InChI is InChI=1S/C20H26N2O7/c23-17(8-11-28-13-14-29-12-9-20(26)27)21-16-4-1-15(2-5-16)3-6-18(24)22-10-7-19(22)25/h1-2,4-5H,3,6-14H2,(H,21,23)(H,26,27). The zero-order valence-electron chi connectivity index (χ0n) is 16.2. The molecule has 0 spiro atoms. The van der Waals surface area contributed by atoms with Crippen molar-refractivity contribution in [2.24, 2.45) is 0 Å². The van der Waals surface area contributed by atoms with E-state index in [2.05, 4.69) is 5.32 Å². The fraction of sp³-hybridized carbons (Fsp3) is 0.500. The van der Waals surface area contributed by atoms with Gasteiger partial charge in [-0.05, 0) is 24.1 Å². The van der Waals surface area contributed by atoms with E-state index in [1.165, 1.54) is 4.90 Å². The van der Waals surface area contributed by atoms with Gasteiger partial charge in [-0.15, -0.1) is 0 Å². The number of imide groups is 1. The van der Waals surface area contributed by atoms with Gasteiger partial charge in [0.05, 0.1) is 39.3 Å². The van der Waals surface area contributed by atoms with Crippen molar-refractivity contribution in [1.29, 1.82) is 0 Å². The molecule has 2 rings (SSSR count). The van der Waals surface area contributed by atoms with Crippen molar-refractivity contribution in [2.45, 2.75) is 32.1 Å². The van der Waals surface area contributed by atoms with E-state index in [4.69, 9.17) is 14.6 Å². The number of amides is 3. The van der Waals surface area contributed by atoms with Gasteiger partial charge in [0.2, 0.25) is 17.7 Å². The first kappa shape index (κ1) is 22.5. The fourth-order valence-corrected chi connectivity index (χ4v) is 2.59. The van der Waals surface area contributed by atoms with Crippen LogP contribution in [0.1, 0.15) is 31.2 Å². The minimum absolute atomic E-state index is 0.0460. The third-order valence-electron chi connectivity index (χ3n) is 4.32. The number of likely N-dealkylation sites (tertiary alicyclic amines) is 1. The van der Waals surface area contributed by atoms with Gasteiger partial charge in [0.1, 0.15) is 0 Å². The minimum Gasteiger partial charge on any atom is -0.481 e. The molecule has 0 aliphatic carbocycles. The van der Waals surface area contributed by atoms with Crippen molar-refractivity contribution in [1.82, 2.24) is 4.90 Å². The van der Waals surface area contributed by atoms with E-state index in [0.717, 1.165) is 5.56 Å². The van der Waals surface area contributed by atoms with Gasteiger partial charge < -0.3 is 19.9 Å². The molecule has 1 aromatic carbocycles. The number of rotatable bonds is 13. The van der Waals surface area contributed by atoms with Crippen LogP contribution in [0.4, 0.5) is 5.69 Å². The van der Waals surface area contributed by atoms with Crippen LogP contribution in [-0.2, 0) is 35.1 Å². The van der Waals surface area contributed by atoms with Crippen molar-refractivity contribution in [3.63, 3.8) is 0 Å². The molecule has 2 N–H and O–H groups in total. The van der Waals surface area contributed by atoms with Crippen LogP contribution in [0.15, 0.2) is 24.3 Å². The zero-order valence-corrected chi connectivity index (χ0v) is 16.2. The van der Waals surface area contributed by atoms with Crippen LogP contribution in [0.2, 0.25) is 0 Å². The molecule has 158 valence electrons. The molecule has 0 aromatic heterocycles. The number of hydrogen-bond donors (Lipinski definition) is 2. The summed E-state index contributed by atoms with van der Waals surface area (Å²) in [6.07, 6.45) is 1.42. The van der Waals surface area contributed by atoms with Gasteiger partial charge in [-0.3, -0.25) is 24.1 Å². The van der Waals surface area contributed by atoms with Crippen molar-refractivity contribution in [2.75, 3.05) is 38.3 Å². The molecular weight excluding hydrogens is 380 g/mol. The Morgan fingerprint density at radius 3 is 2.17 bits per heavy atom. The molecule has 0 atom stereocenters. The predicted molar refractivity (Wildman–Crippen MR) is 103 cm³/mol. The van der Waals surface area contributed by atoms with Crippen LogP contribution in [0.5, 0.6) is 0 Å². The molecule has 1 fully saturated rings. The highest BCUT2D eigenvalue weighted by molar-refractivity contribution is 5.99. The minimum atomic E-state index is -0.910. The van der Waals surface area contributed by atoms with E-state index >= 15 is 0 Å². The average Bonchev–Trinajstić information content (AvgIpc) is 2.68. The van der Waals surface area contributed by atoms with Crippen molar-refractivity contribution >= 4 is 29.4 Å². The topological polar surface area (TPSA) is 122 Å². The number of carboxylic acid groups (broad SMARTS) is 1. The Labute approximate surface area is 169 Å². The number of ether oxygens (including phenoxy) is 2. The maximum absolute atomic E-state index is 11.9. The Hall–Kier alpha value is -2.78. The molecule has 0 saturated carbocycles. The first-order chi connectivity index (χ1) is 14.0. The summed E-state index contributed by atoms with van der Waals surface area (Å²) < 4.78 is 10.3. The highest BCUT2D eigenvalue weighted by Crippen LogP contribution is 2.14. The monoisotopic (exact) mass is 406 g/mol. The summed E-state index contributed by atoms with van der Waals surface area (Å²) in [6, 6.07) is 7.21. The molecule has 9 heteroatoms. The van der Waals surface area contributed by atoms with Crippen LogP contribution in [0.3, 0.4) is 0 Å². The van der Waals surface area contributed by atoms with Crippen molar-refractivity contribution in [3.05, 3.63) is 29.8 Å². The van der Waals surface area contributed by atoms with E-state index < -0.39 is 5.97 Å². The van der Waals surface area contributed by atoms with Crippen LogP contribution in [0.25, 0.3) is 0 Å². The second kappa shape index (κ2) is 11.9. The number of hydrogen-bond acceptors (Lipinski definition) is 6. The maximum atomic E-state index is 11.9. The highest BCUT2D eigenvalue weighted by Gasteiger charge is 2.29. The molecule has 1 saturated heterocycles. The third-order valence-corrected chi connectivity index (χ3v) is 4.32. The second-order valence-electron chi connectivity index (χ2n) is 6.55. The Morgan fingerprint density at radius 1 is 0.966 bits per heavy atom. The Morgan fingerprint density at radius 2 is 1.62 bits per heavy atom. The van der Waals surface area contributed by atoms with E-state index in [9.17, 15) is 19.2 Å². The van der Waals surface area contributed by atoms with Crippen LogP contribution < -0.4 is 5.32 Å². The largest absolute Gasteiger partial charge is 0.481 e. The van der Waals surface area contributed by atoms with Gasteiger partial charge in [-0.1, -0.05) is 12.1 Å². The Balaban J connectivity index is 1.56. The number of aliphatic carboxylic acids is 1. The predicted octanol–water partition coefficient (Wildman–Crippen LogP) is 1.21. The Bertz CT molecular complexity index is 718. The Kier molecular flexibility index (Phi) is 9.26. The molecular formula is C20H26N2O7. The van der Waals surface area contributed by atoms with Crippen LogP contribution in [0, 0.1) is 0 Å². The van der Waals surface area contributed by atoms with Crippen molar-refractivity contribution in [3.8, 4) is 0 Å². The maximum Gasteiger partial charge on any atom is 0.305 e. The molecule has 9 nitrogen and oxygen atoms in total. The van der Waals surface area contributed by atoms with Gasteiger partial charge in [0, 0.05) is 25.1 Å². The SMILES string of the molecule is O=C(O)CCOCCOCCC(=O)Nc1ccc(CCC(=O)N2CCC2=O)cc1. The highest BCUT2D eigenvalue weighted by atomic mass is 16.5. The smallest absolute Gasteiger partial charge is 0.305 e. The number of carbonyl (C=O) groups is 4. The lowest BCUT2D eigenvalue weighted by atomic mass is 10.1. The summed E-state index contributed by atoms with van der Waals surface area (Å²) in [5, 5.41) is 11.2. The number of aryl methyl sites for hydroxylation is 1. The number of carbonyl (C=O) groups excluding carboxylic acids is 3. The molecule has 29 heavy (non-hydrogen) atoms. The number of β-lactam (4-membered cyclic amide) rings is 1. The summed E-state index contributed by atoms with van der Waals surface area (Å²) in [5.74, 6) is -1.35. The first-order valence-corrected chi connectivity index (χ1v) is 9.55. The van der Waals surface area contributed by atoms with E-state index in [1.807, 2.05) is 12.1 Å². The van der Waals surface area contributed by atoms with Crippen LogP contribution >= 0.6 is 0 Å². The van der Waals surface area contributed by atoms with Gasteiger partial charge in [-0.25, -0.2) is 0 Å². The summed E-state index contributed by atoms with van der Waals surface area (Å²) >= 11 is 0. The number of anilines is 1. The first-order valence-electron chi connectivity index (χ1n) is 9.55. The van der Waals surface area contributed by atoms with Gasteiger partial charge in [0.15, 0.2) is 0 Å². The lowest BCUT2D eigenvalue weighted by Gasteiger charge is -2.28. The molecule has 0 bridgehead atoms. The summed E-state index contributed by atoms with van der Waals surface area (Å²) in [5.41, 5.74) is 1.61. The lowest BCUT2D eigenvalue weighted by molar-refractivity contribution is -0.152. The molecule has 1 aromatic rings. The number of nitrogens with one attached hydrogen (secondary N) is 1. The summed E-state index contributed by atoms with van der Waals surface area (Å²) in [4.78, 5) is 46.6. The lowest BCUT2D eigenvalue weighted by Crippen LogP contribution is -2.47. The average molecular weight is 406 g/mol. The van der Waals surface area contributed by atoms with Crippen molar-refractivity contribution < 1.29 is 33.8 Å². The molecule has 1 aliphatic rings. The number of carboxylic acids is 1. The van der Waals surface area contributed by atoms with E-state index in [0.29, 0.717) is 31.7 Å². The summed E-state index contributed by atoms with van der Waals surface area (Å²) in [6.45, 7) is 1.47. The van der Waals surface area contributed by atoms with Gasteiger partial charge >= 0.3 is 5.97 Å². The normalized spacial score (nSPS) is 13.1. The molecule has 0 unspecified atom stereocenters. The molecule has 0 radical (unpaired) electrons. The molecule has 3 amide bonds. The van der Waals surface area contributed by atoms with E-state index in [-0.39, 0.29) is 56.8 Å². The third kappa shape index (κ3) is 8.41. The fourth-order valence-electron chi connectivity index (χ4n) is 2.59. The molecule has 1 aliphatic heterocycles. The second-order valence-corrected chi connectivity index (χ2v) is 6.55. The zero-order chi connectivity index (χ0) is 21.1. The summed E-state index contributed by atoms with van der Waals surface area (Å²) in [7, 11) is 0. The van der Waals surface area contributed by atoms with Gasteiger partial charge in [-0.2, -0.15) is 0 Å². The van der Waals surface area contributed by atoms with E-state index in [1.54, 1.807) is 12.1 Å².